The quantitative estimate of drug-likeness (QED) is 0.837. The number of aromatic nitrogens is 4. The first kappa shape index (κ1) is 11.3. The maximum absolute atomic E-state index is 11.9. The van der Waals surface area contributed by atoms with Crippen LogP contribution in [0.25, 0.3) is 11.0 Å². The van der Waals surface area contributed by atoms with Gasteiger partial charge in [-0.3, -0.25) is 14.9 Å². The molecule has 0 radical (unpaired) electrons. The molecule has 0 saturated carbocycles. The van der Waals surface area contributed by atoms with Crippen molar-refractivity contribution in [3.05, 3.63) is 16.6 Å². The fourth-order valence-electron chi connectivity index (χ4n) is 2.57. The van der Waals surface area contributed by atoms with Crippen LogP contribution in [0.15, 0.2) is 11.0 Å². The third-order valence-electron chi connectivity index (χ3n) is 3.70. The number of piperidine rings is 1. The number of nitrogens with one attached hydrogen (secondary N) is 2. The first-order chi connectivity index (χ1) is 8.78. The van der Waals surface area contributed by atoms with Gasteiger partial charge in [-0.05, 0) is 18.8 Å². The van der Waals surface area contributed by atoms with Crippen molar-refractivity contribution in [3.8, 4) is 0 Å². The van der Waals surface area contributed by atoms with Gasteiger partial charge in [0.1, 0.15) is 5.39 Å². The Kier molecular flexibility index (Phi) is 2.77. The average Bonchev–Trinajstić information content (AvgIpc) is 2.87. The summed E-state index contributed by atoms with van der Waals surface area (Å²) < 4.78 is 0. The standard InChI is InChI=1S/C12H17N5O/c1-2-8-4-3-5-17(7-8)12-14-10-9(6-13-16-10)11(18)15-12/h6,8H,2-5,7H2,1H3,(H2,13,14,15,16,18). The first-order valence-electron chi connectivity index (χ1n) is 6.46. The molecule has 3 rings (SSSR count). The van der Waals surface area contributed by atoms with Gasteiger partial charge in [-0.1, -0.05) is 13.3 Å². The molecule has 2 aromatic heterocycles. The van der Waals surface area contributed by atoms with Crippen molar-refractivity contribution in [2.75, 3.05) is 18.0 Å². The topological polar surface area (TPSA) is 77.7 Å². The smallest absolute Gasteiger partial charge is 0.263 e. The Morgan fingerprint density at radius 3 is 3.28 bits per heavy atom. The van der Waals surface area contributed by atoms with Crippen LogP contribution in [0.1, 0.15) is 26.2 Å². The second-order valence-corrected chi connectivity index (χ2v) is 4.88. The average molecular weight is 247 g/mol. The van der Waals surface area contributed by atoms with Gasteiger partial charge in [0.25, 0.3) is 5.56 Å². The highest BCUT2D eigenvalue weighted by Gasteiger charge is 2.20. The van der Waals surface area contributed by atoms with Crippen molar-refractivity contribution in [3.63, 3.8) is 0 Å². The van der Waals surface area contributed by atoms with E-state index in [4.69, 9.17) is 0 Å². The summed E-state index contributed by atoms with van der Waals surface area (Å²) in [7, 11) is 0. The van der Waals surface area contributed by atoms with Crippen LogP contribution in [0.5, 0.6) is 0 Å². The summed E-state index contributed by atoms with van der Waals surface area (Å²) in [6.45, 7) is 4.14. The van der Waals surface area contributed by atoms with E-state index >= 15 is 0 Å². The van der Waals surface area contributed by atoms with E-state index in [2.05, 4.69) is 32.0 Å². The molecular formula is C12H17N5O. The zero-order valence-electron chi connectivity index (χ0n) is 10.4. The highest BCUT2D eigenvalue weighted by molar-refractivity contribution is 5.73. The van der Waals surface area contributed by atoms with Crippen LogP contribution < -0.4 is 10.5 Å². The van der Waals surface area contributed by atoms with Gasteiger partial charge in [-0.15, -0.1) is 0 Å². The minimum absolute atomic E-state index is 0.123. The van der Waals surface area contributed by atoms with Crippen LogP contribution in [-0.2, 0) is 0 Å². The third kappa shape index (κ3) is 1.87. The molecule has 3 heterocycles. The molecule has 0 aliphatic carbocycles. The van der Waals surface area contributed by atoms with Crippen molar-refractivity contribution < 1.29 is 0 Å². The van der Waals surface area contributed by atoms with E-state index in [0.717, 1.165) is 19.5 Å². The van der Waals surface area contributed by atoms with Crippen LogP contribution in [0.3, 0.4) is 0 Å². The number of fused-ring (bicyclic) bond motifs is 1. The molecule has 1 saturated heterocycles. The predicted molar refractivity (Wildman–Crippen MR) is 69.7 cm³/mol. The number of nitrogens with zero attached hydrogens (tertiary/aromatic N) is 3. The lowest BCUT2D eigenvalue weighted by Crippen LogP contribution is -2.37. The molecule has 1 aliphatic heterocycles. The summed E-state index contributed by atoms with van der Waals surface area (Å²) in [6, 6.07) is 0. The van der Waals surface area contributed by atoms with E-state index < -0.39 is 0 Å². The molecule has 6 nitrogen and oxygen atoms in total. The van der Waals surface area contributed by atoms with Crippen LogP contribution in [0.2, 0.25) is 0 Å². The Hall–Kier alpha value is -1.85. The van der Waals surface area contributed by atoms with E-state index in [-0.39, 0.29) is 5.56 Å². The summed E-state index contributed by atoms with van der Waals surface area (Å²) in [4.78, 5) is 21.3. The third-order valence-corrected chi connectivity index (χ3v) is 3.70. The predicted octanol–water partition coefficient (Wildman–Crippen LogP) is 1.27. The van der Waals surface area contributed by atoms with Crippen molar-refractivity contribution >= 4 is 17.0 Å². The number of anilines is 1. The Morgan fingerprint density at radius 2 is 2.44 bits per heavy atom. The normalized spacial score (nSPS) is 20.5. The van der Waals surface area contributed by atoms with Gasteiger partial charge in [0.15, 0.2) is 5.65 Å². The maximum atomic E-state index is 11.9. The Balaban J connectivity index is 1.96. The van der Waals surface area contributed by atoms with Crippen LogP contribution in [-0.4, -0.2) is 33.3 Å². The van der Waals surface area contributed by atoms with Gasteiger partial charge in [0.05, 0.1) is 6.20 Å². The van der Waals surface area contributed by atoms with E-state index in [1.165, 1.54) is 19.0 Å². The number of rotatable bonds is 2. The van der Waals surface area contributed by atoms with Gasteiger partial charge in [-0.2, -0.15) is 10.1 Å². The zero-order chi connectivity index (χ0) is 12.5. The molecular weight excluding hydrogens is 230 g/mol. The molecule has 1 unspecified atom stereocenters. The molecule has 2 aromatic rings. The van der Waals surface area contributed by atoms with Crippen LogP contribution >= 0.6 is 0 Å². The maximum Gasteiger partial charge on any atom is 0.263 e. The Bertz CT molecular complexity index is 602. The highest BCUT2D eigenvalue weighted by atomic mass is 16.1. The Morgan fingerprint density at radius 1 is 1.56 bits per heavy atom. The molecule has 0 amide bonds. The van der Waals surface area contributed by atoms with Gasteiger partial charge >= 0.3 is 0 Å². The molecule has 0 aromatic carbocycles. The second-order valence-electron chi connectivity index (χ2n) is 4.88. The molecule has 18 heavy (non-hydrogen) atoms. The first-order valence-corrected chi connectivity index (χ1v) is 6.46. The fourth-order valence-corrected chi connectivity index (χ4v) is 2.57. The summed E-state index contributed by atoms with van der Waals surface area (Å²) >= 11 is 0. The lowest BCUT2D eigenvalue weighted by atomic mass is 9.96. The molecule has 1 atom stereocenters. The zero-order valence-corrected chi connectivity index (χ0v) is 10.4. The summed E-state index contributed by atoms with van der Waals surface area (Å²) in [6.07, 6.45) is 5.11. The van der Waals surface area contributed by atoms with Gasteiger partial charge in [-0.25, -0.2) is 0 Å². The summed E-state index contributed by atoms with van der Waals surface area (Å²) in [5.74, 6) is 1.36. The van der Waals surface area contributed by atoms with Gasteiger partial charge in [0.2, 0.25) is 5.95 Å². The molecule has 1 aliphatic rings. The van der Waals surface area contributed by atoms with Crippen molar-refractivity contribution in [1.82, 2.24) is 20.2 Å². The number of H-pyrrole nitrogens is 2. The molecule has 1 fully saturated rings. The van der Waals surface area contributed by atoms with Crippen molar-refractivity contribution in [2.24, 2.45) is 5.92 Å². The van der Waals surface area contributed by atoms with Gasteiger partial charge in [0, 0.05) is 13.1 Å². The van der Waals surface area contributed by atoms with E-state index in [1.54, 1.807) is 0 Å². The monoisotopic (exact) mass is 247 g/mol. The highest BCUT2D eigenvalue weighted by Crippen LogP contribution is 2.22. The fraction of sp³-hybridized carbons (Fsp3) is 0.583. The van der Waals surface area contributed by atoms with Gasteiger partial charge < -0.3 is 4.90 Å². The van der Waals surface area contributed by atoms with Crippen LogP contribution in [0, 0.1) is 5.92 Å². The molecule has 0 spiro atoms. The Labute approximate surface area is 104 Å². The number of hydrogen-bond acceptors (Lipinski definition) is 4. The minimum Gasteiger partial charge on any atom is -0.342 e. The summed E-state index contributed by atoms with van der Waals surface area (Å²) in [5.41, 5.74) is 0.440. The molecule has 2 N–H and O–H groups in total. The van der Waals surface area contributed by atoms with E-state index in [0.29, 0.717) is 22.9 Å². The van der Waals surface area contributed by atoms with Crippen molar-refractivity contribution in [1.29, 1.82) is 0 Å². The summed E-state index contributed by atoms with van der Waals surface area (Å²) in [5, 5.41) is 7.13. The van der Waals surface area contributed by atoms with E-state index in [9.17, 15) is 4.79 Å². The lowest BCUT2D eigenvalue weighted by molar-refractivity contribution is 0.401. The minimum atomic E-state index is -0.123. The lowest BCUT2D eigenvalue weighted by Gasteiger charge is -2.32. The second kappa shape index (κ2) is 4.44. The molecule has 96 valence electrons. The molecule has 0 bridgehead atoms. The SMILES string of the molecule is CCC1CCCN(c2nc3[nH]ncc3c(=O)[nH]2)C1. The number of aromatic amines is 2. The van der Waals surface area contributed by atoms with Crippen LogP contribution in [0.4, 0.5) is 5.95 Å². The van der Waals surface area contributed by atoms with E-state index in [1.807, 2.05) is 0 Å². The molecule has 6 heteroatoms. The largest absolute Gasteiger partial charge is 0.342 e. The van der Waals surface area contributed by atoms with Crippen molar-refractivity contribution in [2.45, 2.75) is 26.2 Å². The number of hydrogen-bond donors (Lipinski definition) is 2.